The summed E-state index contributed by atoms with van der Waals surface area (Å²) in [7, 11) is 1.51. The third-order valence-electron chi connectivity index (χ3n) is 5.33. The van der Waals surface area contributed by atoms with E-state index in [0.29, 0.717) is 10.2 Å². The Hall–Kier alpha value is -1.73. The number of nitrogens with one attached hydrogen (secondary N) is 2. The van der Waals surface area contributed by atoms with Gasteiger partial charge in [0.2, 0.25) is 0 Å². The maximum Gasteiger partial charge on any atom is 0.256 e. The number of carbonyl (C=O) groups excluding carboxylic acids is 1. The summed E-state index contributed by atoms with van der Waals surface area (Å²) >= 11 is 5.06. The van der Waals surface area contributed by atoms with Gasteiger partial charge in [0.15, 0.2) is 11.5 Å². The maximum atomic E-state index is 12.8. The molecule has 0 radical (unpaired) electrons. The van der Waals surface area contributed by atoms with E-state index >= 15 is 0 Å². The number of ether oxygens (including phenoxy) is 1. The highest BCUT2D eigenvalue weighted by molar-refractivity contribution is 9.10. The normalized spacial score (nSPS) is 21.4. The van der Waals surface area contributed by atoms with Crippen LogP contribution in [0.1, 0.15) is 52.3 Å². The summed E-state index contributed by atoms with van der Waals surface area (Å²) in [6.07, 6.45) is 4.04. The zero-order valence-corrected chi connectivity index (χ0v) is 17.1. The minimum Gasteiger partial charge on any atom is -0.503 e. The second-order valence-corrected chi connectivity index (χ2v) is 8.79. The number of carbonyl (C=O) groups is 1. The van der Waals surface area contributed by atoms with Gasteiger partial charge in [0, 0.05) is 4.88 Å². The minimum absolute atomic E-state index is 0.0284. The Morgan fingerprint density at radius 3 is 2.92 bits per heavy atom. The Balaban J connectivity index is 1.68. The lowest BCUT2D eigenvalue weighted by Crippen LogP contribution is -2.38. The van der Waals surface area contributed by atoms with Gasteiger partial charge < -0.3 is 20.5 Å². The predicted octanol–water partition coefficient (Wildman–Crippen LogP) is 4.59. The monoisotopic (exact) mass is 436 g/mol. The van der Waals surface area contributed by atoms with Gasteiger partial charge in [-0.3, -0.25) is 4.79 Å². The van der Waals surface area contributed by atoms with Gasteiger partial charge in [0.1, 0.15) is 11.2 Å². The van der Waals surface area contributed by atoms with Gasteiger partial charge in [-0.05, 0) is 64.4 Å². The van der Waals surface area contributed by atoms with Crippen LogP contribution in [0.5, 0.6) is 11.5 Å². The summed E-state index contributed by atoms with van der Waals surface area (Å²) in [4.78, 5) is 14.2. The standard InChI is InChI=1S/C19H21BrN2O3S/c1-3-9-4-5-11-14(6-9)26-19-15(11)18(24)21-17(22-19)10-7-12(20)16(23)13(8-10)25-2/h7-9,17,22-23H,3-6H2,1-2H3,(H,21,24)/t9-,17+/m0/s1. The van der Waals surface area contributed by atoms with E-state index in [4.69, 9.17) is 4.74 Å². The van der Waals surface area contributed by atoms with Crippen LogP contribution < -0.4 is 15.4 Å². The van der Waals surface area contributed by atoms with Gasteiger partial charge in [-0.25, -0.2) is 0 Å². The van der Waals surface area contributed by atoms with Gasteiger partial charge in [-0.15, -0.1) is 11.3 Å². The molecule has 0 saturated heterocycles. The predicted molar refractivity (Wildman–Crippen MR) is 106 cm³/mol. The molecule has 0 unspecified atom stereocenters. The summed E-state index contributed by atoms with van der Waals surface area (Å²) in [5, 5.41) is 17.5. The number of amides is 1. The Bertz CT molecular complexity index is 880. The number of thiophene rings is 1. The van der Waals surface area contributed by atoms with Gasteiger partial charge >= 0.3 is 0 Å². The number of hydrogen-bond donors (Lipinski definition) is 3. The van der Waals surface area contributed by atoms with Crippen LogP contribution in [0.4, 0.5) is 5.00 Å². The fraction of sp³-hybridized carbons (Fsp3) is 0.421. The first-order chi connectivity index (χ1) is 12.5. The van der Waals surface area contributed by atoms with Gasteiger partial charge in [-0.2, -0.15) is 0 Å². The van der Waals surface area contributed by atoms with Crippen LogP contribution in [0.2, 0.25) is 0 Å². The lowest BCUT2D eigenvalue weighted by molar-refractivity contribution is 0.0935. The molecule has 0 saturated carbocycles. The quantitative estimate of drug-likeness (QED) is 0.657. The molecular weight excluding hydrogens is 416 g/mol. The summed E-state index contributed by atoms with van der Waals surface area (Å²) in [6.45, 7) is 2.24. The van der Waals surface area contributed by atoms with Crippen LogP contribution in [-0.2, 0) is 12.8 Å². The maximum absolute atomic E-state index is 12.8. The fourth-order valence-corrected chi connectivity index (χ4v) is 5.64. The van der Waals surface area contributed by atoms with Crippen molar-refractivity contribution in [2.24, 2.45) is 5.92 Å². The van der Waals surface area contributed by atoms with E-state index in [1.807, 2.05) is 0 Å². The number of phenols is 1. The molecule has 1 aromatic carbocycles. The van der Waals surface area contributed by atoms with E-state index in [1.54, 1.807) is 23.5 Å². The number of anilines is 1. The Labute approximate surface area is 164 Å². The van der Waals surface area contributed by atoms with E-state index in [2.05, 4.69) is 33.5 Å². The van der Waals surface area contributed by atoms with Crippen LogP contribution in [0.25, 0.3) is 0 Å². The van der Waals surface area contributed by atoms with E-state index < -0.39 is 0 Å². The molecule has 0 fully saturated rings. The molecule has 1 aromatic heterocycles. The number of rotatable bonds is 3. The SMILES string of the molecule is CC[C@H]1CCc2c(sc3c2C(=O)N[C@@H](c2cc(Br)c(O)c(OC)c2)N3)C1. The lowest BCUT2D eigenvalue weighted by atomic mass is 9.85. The fourth-order valence-electron chi connectivity index (χ4n) is 3.80. The average molecular weight is 437 g/mol. The third kappa shape index (κ3) is 2.87. The molecule has 2 aromatic rings. The highest BCUT2D eigenvalue weighted by Crippen LogP contribution is 2.44. The second-order valence-electron chi connectivity index (χ2n) is 6.83. The molecular formula is C19H21BrN2O3S. The number of fused-ring (bicyclic) bond motifs is 3. The van der Waals surface area contributed by atoms with Crippen molar-refractivity contribution in [1.82, 2.24) is 5.32 Å². The van der Waals surface area contributed by atoms with Crippen molar-refractivity contribution in [2.45, 2.75) is 38.8 Å². The summed E-state index contributed by atoms with van der Waals surface area (Å²) in [5.74, 6) is 1.11. The third-order valence-corrected chi connectivity index (χ3v) is 7.12. The van der Waals surface area contributed by atoms with Gasteiger partial charge in [0.25, 0.3) is 5.91 Å². The van der Waals surface area contributed by atoms with Crippen molar-refractivity contribution in [1.29, 1.82) is 0 Å². The van der Waals surface area contributed by atoms with Crippen LogP contribution in [0.15, 0.2) is 16.6 Å². The molecule has 7 heteroatoms. The molecule has 3 N–H and O–H groups in total. The summed E-state index contributed by atoms with van der Waals surface area (Å²) in [6, 6.07) is 3.53. The first-order valence-corrected chi connectivity index (χ1v) is 10.4. The number of hydrogen-bond acceptors (Lipinski definition) is 5. The molecule has 2 atom stereocenters. The van der Waals surface area contributed by atoms with Crippen LogP contribution in [0, 0.1) is 5.92 Å². The van der Waals surface area contributed by atoms with Gasteiger partial charge in [0.05, 0.1) is 17.1 Å². The Kier molecular flexibility index (Phi) is 4.61. The minimum atomic E-state index is -0.358. The topological polar surface area (TPSA) is 70.6 Å². The lowest BCUT2D eigenvalue weighted by Gasteiger charge is -2.27. The molecule has 4 rings (SSSR count). The van der Waals surface area contributed by atoms with Crippen molar-refractivity contribution < 1.29 is 14.6 Å². The number of aromatic hydroxyl groups is 1. The van der Waals surface area contributed by atoms with Crippen molar-refractivity contribution >= 4 is 38.2 Å². The van der Waals surface area contributed by atoms with E-state index in [-0.39, 0.29) is 17.8 Å². The van der Waals surface area contributed by atoms with Crippen LogP contribution in [-0.4, -0.2) is 18.1 Å². The molecule has 1 aliphatic heterocycles. The van der Waals surface area contributed by atoms with Crippen molar-refractivity contribution in [3.63, 3.8) is 0 Å². The highest BCUT2D eigenvalue weighted by Gasteiger charge is 2.33. The van der Waals surface area contributed by atoms with E-state index in [0.717, 1.165) is 41.3 Å². The number of halogens is 1. The first-order valence-electron chi connectivity index (χ1n) is 8.80. The Morgan fingerprint density at radius 2 is 2.19 bits per heavy atom. The van der Waals surface area contributed by atoms with E-state index in [1.165, 1.54) is 24.0 Å². The molecule has 1 aliphatic carbocycles. The molecule has 2 aliphatic rings. The number of benzene rings is 1. The van der Waals surface area contributed by atoms with Crippen molar-refractivity contribution in [2.75, 3.05) is 12.4 Å². The molecule has 1 amide bonds. The molecule has 0 spiro atoms. The first kappa shape index (κ1) is 17.7. The van der Waals surface area contributed by atoms with Crippen LogP contribution >= 0.6 is 27.3 Å². The molecule has 0 bridgehead atoms. The number of methoxy groups -OCH3 is 1. The smallest absolute Gasteiger partial charge is 0.256 e. The highest BCUT2D eigenvalue weighted by atomic mass is 79.9. The van der Waals surface area contributed by atoms with E-state index in [9.17, 15) is 9.90 Å². The van der Waals surface area contributed by atoms with Crippen molar-refractivity contribution in [3.05, 3.63) is 38.2 Å². The molecule has 5 nitrogen and oxygen atoms in total. The Morgan fingerprint density at radius 1 is 1.38 bits per heavy atom. The zero-order valence-electron chi connectivity index (χ0n) is 14.7. The summed E-state index contributed by atoms with van der Waals surface area (Å²) < 4.78 is 5.76. The van der Waals surface area contributed by atoms with Gasteiger partial charge in [-0.1, -0.05) is 13.3 Å². The van der Waals surface area contributed by atoms with Crippen LogP contribution in [0.3, 0.4) is 0 Å². The number of phenolic OH excluding ortho intramolecular Hbond substituents is 1. The average Bonchev–Trinajstić information content (AvgIpc) is 3.01. The largest absolute Gasteiger partial charge is 0.503 e. The van der Waals surface area contributed by atoms with Crippen molar-refractivity contribution in [3.8, 4) is 11.5 Å². The zero-order chi connectivity index (χ0) is 18.4. The second kappa shape index (κ2) is 6.78. The molecule has 138 valence electrons. The summed E-state index contributed by atoms with van der Waals surface area (Å²) in [5.41, 5.74) is 2.87. The molecule has 2 heterocycles. The molecule has 26 heavy (non-hydrogen) atoms.